The smallest absolute Gasteiger partial charge is 0.243 e. The van der Waals surface area contributed by atoms with Crippen molar-refractivity contribution < 1.29 is 17.6 Å². The Labute approximate surface area is 147 Å². The molecule has 2 rings (SSSR count). The lowest BCUT2D eigenvalue weighted by molar-refractivity contribution is -0.121. The van der Waals surface area contributed by atoms with Crippen molar-refractivity contribution in [2.45, 2.75) is 19.4 Å². The van der Waals surface area contributed by atoms with Gasteiger partial charge in [0.15, 0.2) is 0 Å². The van der Waals surface area contributed by atoms with Crippen molar-refractivity contribution in [1.82, 2.24) is 5.32 Å². The first-order valence-corrected chi connectivity index (χ1v) is 9.70. The number of amides is 1. The van der Waals surface area contributed by atoms with Gasteiger partial charge in [0, 0.05) is 6.54 Å². The van der Waals surface area contributed by atoms with Crippen LogP contribution in [-0.4, -0.2) is 33.2 Å². The maximum atomic E-state index is 13.1. The molecule has 0 heterocycles. The SMILES string of the molecule is C[C@H](C(=O)NCCc1ccccc1)N(c1ccc(F)cc1)S(C)(=O)=O. The predicted octanol–water partition coefficient (Wildman–Crippen LogP) is 2.34. The van der Waals surface area contributed by atoms with Gasteiger partial charge in [-0.05, 0) is 43.2 Å². The zero-order valence-corrected chi connectivity index (χ0v) is 15.0. The number of carbonyl (C=O) groups excluding carboxylic acids is 1. The van der Waals surface area contributed by atoms with Crippen molar-refractivity contribution in [3.63, 3.8) is 0 Å². The van der Waals surface area contributed by atoms with Gasteiger partial charge in [-0.1, -0.05) is 30.3 Å². The van der Waals surface area contributed by atoms with Gasteiger partial charge in [0.25, 0.3) is 0 Å². The highest BCUT2D eigenvalue weighted by Gasteiger charge is 2.28. The zero-order chi connectivity index (χ0) is 18.4. The highest BCUT2D eigenvalue weighted by atomic mass is 32.2. The number of hydrogen-bond acceptors (Lipinski definition) is 3. The Bertz CT molecular complexity index is 808. The molecule has 25 heavy (non-hydrogen) atoms. The average molecular weight is 364 g/mol. The lowest BCUT2D eigenvalue weighted by Gasteiger charge is -2.28. The second-order valence-corrected chi connectivity index (χ2v) is 7.60. The quantitative estimate of drug-likeness (QED) is 0.820. The Morgan fingerprint density at radius 3 is 2.28 bits per heavy atom. The van der Waals surface area contributed by atoms with Crippen LogP contribution in [0.25, 0.3) is 0 Å². The van der Waals surface area contributed by atoms with E-state index in [2.05, 4.69) is 5.32 Å². The molecule has 5 nitrogen and oxygen atoms in total. The van der Waals surface area contributed by atoms with Crippen LogP contribution in [-0.2, 0) is 21.2 Å². The molecule has 7 heteroatoms. The van der Waals surface area contributed by atoms with Crippen molar-refractivity contribution in [1.29, 1.82) is 0 Å². The van der Waals surface area contributed by atoms with Crippen molar-refractivity contribution in [3.05, 3.63) is 66.0 Å². The molecule has 0 saturated carbocycles. The maximum Gasteiger partial charge on any atom is 0.243 e. The third kappa shape index (κ3) is 5.29. The van der Waals surface area contributed by atoms with E-state index in [0.717, 1.165) is 28.3 Å². The molecule has 0 aliphatic rings. The Morgan fingerprint density at radius 2 is 1.72 bits per heavy atom. The van der Waals surface area contributed by atoms with Crippen LogP contribution in [0.5, 0.6) is 0 Å². The fourth-order valence-electron chi connectivity index (χ4n) is 2.52. The Morgan fingerprint density at radius 1 is 1.12 bits per heavy atom. The minimum atomic E-state index is -3.70. The number of sulfonamides is 1. The van der Waals surface area contributed by atoms with E-state index in [9.17, 15) is 17.6 Å². The fourth-order valence-corrected chi connectivity index (χ4v) is 3.69. The van der Waals surface area contributed by atoms with Crippen molar-refractivity contribution in [3.8, 4) is 0 Å². The zero-order valence-electron chi connectivity index (χ0n) is 14.1. The molecule has 0 radical (unpaired) electrons. The van der Waals surface area contributed by atoms with E-state index >= 15 is 0 Å². The Hall–Kier alpha value is -2.41. The van der Waals surface area contributed by atoms with E-state index in [1.54, 1.807) is 0 Å². The number of carbonyl (C=O) groups is 1. The Kier molecular flexibility index (Phi) is 6.14. The number of rotatable bonds is 7. The van der Waals surface area contributed by atoms with E-state index in [1.165, 1.54) is 19.1 Å². The summed E-state index contributed by atoms with van der Waals surface area (Å²) in [4.78, 5) is 12.4. The summed E-state index contributed by atoms with van der Waals surface area (Å²) in [5, 5.41) is 2.75. The molecule has 0 spiro atoms. The van der Waals surface area contributed by atoms with Crippen LogP contribution in [0.1, 0.15) is 12.5 Å². The lowest BCUT2D eigenvalue weighted by atomic mass is 10.1. The first-order chi connectivity index (χ1) is 11.8. The van der Waals surface area contributed by atoms with E-state index in [0.29, 0.717) is 13.0 Å². The second kappa shape index (κ2) is 8.11. The number of benzene rings is 2. The van der Waals surface area contributed by atoms with Crippen LogP contribution in [0.15, 0.2) is 54.6 Å². The van der Waals surface area contributed by atoms with Gasteiger partial charge in [0.2, 0.25) is 15.9 Å². The molecular formula is C18H21FN2O3S. The minimum Gasteiger partial charge on any atom is -0.354 e. The summed E-state index contributed by atoms with van der Waals surface area (Å²) in [5.74, 6) is -0.886. The standard InChI is InChI=1S/C18H21FN2O3S/c1-14(18(22)20-13-12-15-6-4-3-5-7-15)21(25(2,23)24)17-10-8-16(19)9-11-17/h3-11,14H,12-13H2,1-2H3,(H,20,22)/t14-/m1/s1. The average Bonchev–Trinajstić information content (AvgIpc) is 2.56. The van der Waals surface area contributed by atoms with Crippen molar-refractivity contribution in [2.75, 3.05) is 17.1 Å². The van der Waals surface area contributed by atoms with Crippen LogP contribution >= 0.6 is 0 Å². The third-order valence-electron chi connectivity index (χ3n) is 3.73. The molecule has 2 aromatic rings. The van der Waals surface area contributed by atoms with Crippen LogP contribution < -0.4 is 9.62 Å². The van der Waals surface area contributed by atoms with Gasteiger partial charge in [-0.3, -0.25) is 9.10 Å². The summed E-state index contributed by atoms with van der Waals surface area (Å²) in [6.07, 6.45) is 1.67. The van der Waals surface area contributed by atoms with E-state index in [1.807, 2.05) is 30.3 Å². The van der Waals surface area contributed by atoms with Gasteiger partial charge in [0.1, 0.15) is 11.9 Å². The van der Waals surface area contributed by atoms with Gasteiger partial charge in [-0.25, -0.2) is 12.8 Å². The van der Waals surface area contributed by atoms with Crippen LogP contribution in [0.2, 0.25) is 0 Å². The van der Waals surface area contributed by atoms with Crippen LogP contribution in [0, 0.1) is 5.82 Å². The first kappa shape index (κ1) is 18.9. The Balaban J connectivity index is 2.06. The van der Waals surface area contributed by atoms with Crippen molar-refractivity contribution in [2.24, 2.45) is 0 Å². The summed E-state index contributed by atoms with van der Waals surface area (Å²) >= 11 is 0. The summed E-state index contributed by atoms with van der Waals surface area (Å²) in [5.41, 5.74) is 1.32. The summed E-state index contributed by atoms with van der Waals surface area (Å²) < 4.78 is 38.3. The largest absolute Gasteiger partial charge is 0.354 e. The second-order valence-electron chi connectivity index (χ2n) is 5.74. The third-order valence-corrected chi connectivity index (χ3v) is 4.97. The van der Waals surface area contributed by atoms with Gasteiger partial charge in [-0.15, -0.1) is 0 Å². The summed E-state index contributed by atoms with van der Waals surface area (Å²) in [6, 6.07) is 13.7. The van der Waals surface area contributed by atoms with E-state index in [-0.39, 0.29) is 5.69 Å². The van der Waals surface area contributed by atoms with Gasteiger partial charge >= 0.3 is 0 Å². The molecule has 1 atom stereocenters. The molecule has 2 aromatic carbocycles. The van der Waals surface area contributed by atoms with Gasteiger partial charge in [-0.2, -0.15) is 0 Å². The fraction of sp³-hybridized carbons (Fsp3) is 0.278. The monoisotopic (exact) mass is 364 g/mol. The summed E-state index contributed by atoms with van der Waals surface area (Å²) in [6.45, 7) is 1.90. The van der Waals surface area contributed by atoms with Gasteiger partial charge < -0.3 is 5.32 Å². The van der Waals surface area contributed by atoms with Crippen LogP contribution in [0.4, 0.5) is 10.1 Å². The van der Waals surface area contributed by atoms with E-state index in [4.69, 9.17) is 0 Å². The molecule has 0 aliphatic carbocycles. The molecule has 0 saturated heterocycles. The normalized spacial score (nSPS) is 12.4. The number of nitrogens with zero attached hydrogens (tertiary/aromatic N) is 1. The number of hydrogen-bond donors (Lipinski definition) is 1. The molecule has 0 aromatic heterocycles. The molecule has 0 bridgehead atoms. The van der Waals surface area contributed by atoms with E-state index < -0.39 is 27.8 Å². The molecule has 0 unspecified atom stereocenters. The molecule has 1 N–H and O–H groups in total. The lowest BCUT2D eigenvalue weighted by Crippen LogP contribution is -2.48. The maximum absolute atomic E-state index is 13.1. The first-order valence-electron chi connectivity index (χ1n) is 7.85. The molecule has 0 fully saturated rings. The molecule has 1 amide bonds. The number of nitrogens with one attached hydrogen (secondary N) is 1. The highest BCUT2D eigenvalue weighted by molar-refractivity contribution is 7.92. The van der Waals surface area contributed by atoms with Gasteiger partial charge in [0.05, 0.1) is 11.9 Å². The number of anilines is 1. The molecular weight excluding hydrogens is 343 g/mol. The van der Waals surface area contributed by atoms with Crippen LogP contribution in [0.3, 0.4) is 0 Å². The van der Waals surface area contributed by atoms with Crippen molar-refractivity contribution >= 4 is 21.6 Å². The number of halogens is 1. The minimum absolute atomic E-state index is 0.245. The predicted molar refractivity (Wildman–Crippen MR) is 96.3 cm³/mol. The topological polar surface area (TPSA) is 66.5 Å². The molecule has 0 aliphatic heterocycles. The summed E-state index contributed by atoms with van der Waals surface area (Å²) in [7, 11) is -3.70. The molecule has 134 valence electrons. The highest BCUT2D eigenvalue weighted by Crippen LogP contribution is 2.21.